The third-order valence-electron chi connectivity index (χ3n) is 3.79. The molecular weight excluding hydrogens is 302 g/mol. The molecule has 1 saturated heterocycles. The highest BCUT2D eigenvalue weighted by atomic mass is 35.5. The lowest BCUT2D eigenvalue weighted by atomic mass is 10.0. The van der Waals surface area contributed by atoms with Gasteiger partial charge in [0, 0.05) is 36.3 Å². The van der Waals surface area contributed by atoms with Gasteiger partial charge in [-0.1, -0.05) is 19.9 Å². The van der Waals surface area contributed by atoms with Crippen LogP contribution in [0.25, 0.3) is 0 Å². The summed E-state index contributed by atoms with van der Waals surface area (Å²) in [4.78, 5) is 25.9. The lowest BCUT2D eigenvalue weighted by molar-refractivity contribution is -0.124. The van der Waals surface area contributed by atoms with Crippen LogP contribution in [0.2, 0.25) is 0 Å². The molecule has 2 rings (SSSR count). The van der Waals surface area contributed by atoms with Crippen molar-refractivity contribution in [1.82, 2.24) is 10.2 Å². The Morgan fingerprint density at radius 1 is 1.27 bits per heavy atom. The molecule has 1 heterocycles. The summed E-state index contributed by atoms with van der Waals surface area (Å²) in [5.74, 6) is 0.0866. The van der Waals surface area contributed by atoms with Gasteiger partial charge in [0.2, 0.25) is 5.91 Å². The lowest BCUT2D eigenvalue weighted by Gasteiger charge is -2.32. The van der Waals surface area contributed by atoms with E-state index in [0.29, 0.717) is 24.3 Å². The summed E-state index contributed by atoms with van der Waals surface area (Å²) in [7, 11) is 0. The van der Waals surface area contributed by atoms with Crippen LogP contribution in [0.3, 0.4) is 0 Å². The van der Waals surface area contributed by atoms with Gasteiger partial charge in [0.1, 0.15) is 0 Å². The molecule has 0 radical (unpaired) electrons. The SMILES string of the molecule is CC(C)C(=O)NC1CCN(C(=O)c2cccc(N)c2)CC1.Cl. The Morgan fingerprint density at radius 3 is 2.45 bits per heavy atom. The van der Waals surface area contributed by atoms with Crippen molar-refractivity contribution in [2.75, 3.05) is 18.8 Å². The van der Waals surface area contributed by atoms with Crippen LogP contribution in [0, 0.1) is 5.92 Å². The molecule has 0 spiro atoms. The van der Waals surface area contributed by atoms with Crippen LogP contribution in [0.4, 0.5) is 5.69 Å². The van der Waals surface area contributed by atoms with E-state index < -0.39 is 0 Å². The number of carbonyl (C=O) groups excluding carboxylic acids is 2. The van der Waals surface area contributed by atoms with Crippen molar-refractivity contribution in [2.24, 2.45) is 5.92 Å². The monoisotopic (exact) mass is 325 g/mol. The molecule has 0 aromatic heterocycles. The van der Waals surface area contributed by atoms with E-state index in [1.807, 2.05) is 18.7 Å². The summed E-state index contributed by atoms with van der Waals surface area (Å²) < 4.78 is 0. The number of piperidine rings is 1. The van der Waals surface area contributed by atoms with Gasteiger partial charge in [0.25, 0.3) is 5.91 Å². The summed E-state index contributed by atoms with van der Waals surface area (Å²) >= 11 is 0. The maximum atomic E-state index is 12.4. The molecule has 0 aliphatic carbocycles. The number of nitrogen functional groups attached to an aromatic ring is 1. The Morgan fingerprint density at radius 2 is 1.91 bits per heavy atom. The van der Waals surface area contributed by atoms with Crippen molar-refractivity contribution in [3.05, 3.63) is 29.8 Å². The predicted octanol–water partition coefficient (Wildman–Crippen LogP) is 2.07. The van der Waals surface area contributed by atoms with Crippen molar-refractivity contribution < 1.29 is 9.59 Å². The van der Waals surface area contributed by atoms with Crippen LogP contribution in [-0.2, 0) is 4.79 Å². The summed E-state index contributed by atoms with van der Waals surface area (Å²) in [6.45, 7) is 5.09. The van der Waals surface area contributed by atoms with Gasteiger partial charge in [-0.05, 0) is 31.0 Å². The number of nitrogens with zero attached hydrogens (tertiary/aromatic N) is 1. The zero-order valence-electron chi connectivity index (χ0n) is 13.0. The van der Waals surface area contributed by atoms with Crippen LogP contribution in [0.15, 0.2) is 24.3 Å². The molecule has 22 heavy (non-hydrogen) atoms. The van der Waals surface area contributed by atoms with Crippen molar-refractivity contribution in [1.29, 1.82) is 0 Å². The zero-order valence-corrected chi connectivity index (χ0v) is 13.9. The third-order valence-corrected chi connectivity index (χ3v) is 3.79. The number of halogens is 1. The van der Waals surface area contributed by atoms with Crippen LogP contribution in [0.5, 0.6) is 0 Å². The van der Waals surface area contributed by atoms with Crippen molar-refractivity contribution >= 4 is 29.9 Å². The number of hydrogen-bond donors (Lipinski definition) is 2. The van der Waals surface area contributed by atoms with Crippen LogP contribution in [0.1, 0.15) is 37.0 Å². The number of anilines is 1. The van der Waals surface area contributed by atoms with Gasteiger partial charge in [0.15, 0.2) is 0 Å². The zero-order chi connectivity index (χ0) is 15.4. The molecule has 6 heteroatoms. The van der Waals surface area contributed by atoms with E-state index in [9.17, 15) is 9.59 Å². The molecule has 1 aromatic rings. The summed E-state index contributed by atoms with van der Waals surface area (Å²) in [6.07, 6.45) is 1.60. The second-order valence-corrected chi connectivity index (χ2v) is 5.86. The quantitative estimate of drug-likeness (QED) is 0.835. The molecule has 0 saturated carbocycles. The van der Waals surface area contributed by atoms with E-state index in [1.165, 1.54) is 0 Å². The molecule has 1 aromatic carbocycles. The van der Waals surface area contributed by atoms with Gasteiger partial charge in [-0.25, -0.2) is 0 Å². The average molecular weight is 326 g/mol. The molecule has 1 fully saturated rings. The summed E-state index contributed by atoms with van der Waals surface area (Å²) in [5, 5.41) is 3.03. The van der Waals surface area contributed by atoms with E-state index in [1.54, 1.807) is 24.3 Å². The number of rotatable bonds is 3. The molecule has 0 atom stereocenters. The van der Waals surface area contributed by atoms with Gasteiger partial charge in [-0.3, -0.25) is 9.59 Å². The number of nitrogens with one attached hydrogen (secondary N) is 1. The predicted molar refractivity (Wildman–Crippen MR) is 90.0 cm³/mol. The Bertz CT molecular complexity index is 526. The van der Waals surface area contributed by atoms with Crippen molar-refractivity contribution in [2.45, 2.75) is 32.7 Å². The topological polar surface area (TPSA) is 75.4 Å². The van der Waals surface area contributed by atoms with Crippen molar-refractivity contribution in [3.63, 3.8) is 0 Å². The smallest absolute Gasteiger partial charge is 0.253 e. The molecule has 122 valence electrons. The van der Waals surface area contributed by atoms with Gasteiger partial charge in [-0.2, -0.15) is 0 Å². The Balaban J connectivity index is 0.00000242. The first-order valence-corrected chi connectivity index (χ1v) is 7.42. The fraction of sp³-hybridized carbons (Fsp3) is 0.500. The van der Waals surface area contributed by atoms with Crippen LogP contribution < -0.4 is 11.1 Å². The standard InChI is InChI=1S/C16H23N3O2.ClH/c1-11(2)15(20)18-14-6-8-19(9-7-14)16(21)12-4-3-5-13(17)10-12;/h3-5,10-11,14H,6-9,17H2,1-2H3,(H,18,20);1H. The Hall–Kier alpha value is -1.75. The van der Waals surface area contributed by atoms with Crippen molar-refractivity contribution in [3.8, 4) is 0 Å². The molecule has 0 bridgehead atoms. The van der Waals surface area contributed by atoms with E-state index in [-0.39, 0.29) is 36.2 Å². The molecule has 0 unspecified atom stereocenters. The second kappa shape index (κ2) is 8.03. The average Bonchev–Trinajstić information content (AvgIpc) is 2.47. The first kappa shape index (κ1) is 18.3. The molecule has 5 nitrogen and oxygen atoms in total. The first-order chi connectivity index (χ1) is 9.97. The maximum absolute atomic E-state index is 12.4. The van der Waals surface area contributed by atoms with Crippen LogP contribution >= 0.6 is 12.4 Å². The Kier molecular flexibility index (Phi) is 6.68. The fourth-order valence-electron chi connectivity index (χ4n) is 2.45. The normalized spacial score (nSPS) is 15.3. The van der Waals surface area contributed by atoms with Gasteiger partial charge in [-0.15, -0.1) is 12.4 Å². The highest BCUT2D eigenvalue weighted by molar-refractivity contribution is 5.95. The minimum atomic E-state index is -0.00282. The summed E-state index contributed by atoms with van der Waals surface area (Å²) in [6, 6.07) is 7.22. The Labute approximate surface area is 137 Å². The number of nitrogens with two attached hydrogens (primary N) is 1. The number of hydrogen-bond acceptors (Lipinski definition) is 3. The largest absolute Gasteiger partial charge is 0.399 e. The van der Waals surface area contributed by atoms with E-state index in [0.717, 1.165) is 12.8 Å². The highest BCUT2D eigenvalue weighted by Gasteiger charge is 2.25. The van der Waals surface area contributed by atoms with E-state index >= 15 is 0 Å². The number of amides is 2. The minimum absolute atomic E-state index is 0. The number of likely N-dealkylation sites (tertiary alicyclic amines) is 1. The number of carbonyl (C=O) groups is 2. The van der Waals surface area contributed by atoms with Gasteiger partial charge in [0.05, 0.1) is 0 Å². The van der Waals surface area contributed by atoms with Crippen LogP contribution in [-0.4, -0.2) is 35.8 Å². The first-order valence-electron chi connectivity index (χ1n) is 7.42. The van der Waals surface area contributed by atoms with E-state index in [4.69, 9.17) is 5.73 Å². The third kappa shape index (κ3) is 4.63. The number of benzene rings is 1. The maximum Gasteiger partial charge on any atom is 0.253 e. The molecule has 2 amide bonds. The van der Waals surface area contributed by atoms with E-state index in [2.05, 4.69) is 5.32 Å². The molecule has 1 aliphatic heterocycles. The second-order valence-electron chi connectivity index (χ2n) is 5.86. The fourth-order valence-corrected chi connectivity index (χ4v) is 2.45. The summed E-state index contributed by atoms with van der Waals surface area (Å²) in [5.41, 5.74) is 6.93. The molecular formula is C16H24ClN3O2. The molecule has 1 aliphatic rings. The minimum Gasteiger partial charge on any atom is -0.399 e. The molecule has 3 N–H and O–H groups in total. The highest BCUT2D eigenvalue weighted by Crippen LogP contribution is 2.16. The van der Waals surface area contributed by atoms with Gasteiger partial charge < -0.3 is 16.0 Å². The van der Waals surface area contributed by atoms with Gasteiger partial charge >= 0.3 is 0 Å². The lowest BCUT2D eigenvalue weighted by Crippen LogP contribution is -2.47.